The fourth-order valence-electron chi connectivity index (χ4n) is 1.54. The molecule has 106 valence electrons. The summed E-state index contributed by atoms with van der Waals surface area (Å²) in [5, 5.41) is 12.6. The molecular formula is C14H22N2O3. The largest absolute Gasteiger partial charge is 0.491 e. The van der Waals surface area contributed by atoms with Crippen molar-refractivity contribution in [3.05, 3.63) is 29.8 Å². The predicted octanol–water partition coefficient (Wildman–Crippen LogP) is 0.971. The van der Waals surface area contributed by atoms with Crippen LogP contribution in [0, 0.1) is 0 Å². The fourth-order valence-corrected chi connectivity index (χ4v) is 1.54. The van der Waals surface area contributed by atoms with E-state index in [0.717, 1.165) is 0 Å². The van der Waals surface area contributed by atoms with Crippen LogP contribution in [0.1, 0.15) is 32.4 Å². The summed E-state index contributed by atoms with van der Waals surface area (Å²) in [6.45, 7) is 5.60. The van der Waals surface area contributed by atoms with Crippen LogP contribution in [0.25, 0.3) is 0 Å². The average Bonchev–Trinajstić information content (AvgIpc) is 2.34. The van der Waals surface area contributed by atoms with Crippen LogP contribution in [0.15, 0.2) is 24.3 Å². The van der Waals surface area contributed by atoms with E-state index in [4.69, 9.17) is 10.5 Å². The van der Waals surface area contributed by atoms with E-state index < -0.39 is 12.1 Å². The molecule has 19 heavy (non-hydrogen) atoms. The molecule has 0 spiro atoms. The van der Waals surface area contributed by atoms with Crippen molar-refractivity contribution in [1.29, 1.82) is 0 Å². The predicted molar refractivity (Wildman–Crippen MR) is 73.8 cm³/mol. The normalized spacial score (nSPS) is 14.0. The summed E-state index contributed by atoms with van der Waals surface area (Å²) in [7, 11) is 0. The fraction of sp³-hybridized carbons (Fsp3) is 0.500. The molecule has 5 heteroatoms. The van der Waals surface area contributed by atoms with Gasteiger partial charge in [-0.15, -0.1) is 0 Å². The van der Waals surface area contributed by atoms with Gasteiger partial charge >= 0.3 is 0 Å². The van der Waals surface area contributed by atoms with Crippen LogP contribution in [0.2, 0.25) is 0 Å². The number of aliphatic hydroxyl groups excluding tert-OH is 1. The number of rotatable bonds is 6. The Morgan fingerprint density at radius 2 is 2.11 bits per heavy atom. The van der Waals surface area contributed by atoms with Crippen LogP contribution in [0.4, 0.5) is 0 Å². The summed E-state index contributed by atoms with van der Waals surface area (Å²) < 4.78 is 5.55. The molecule has 0 aliphatic rings. The number of nitrogens with one attached hydrogen (secondary N) is 1. The first-order chi connectivity index (χ1) is 8.90. The number of hydrogen-bond donors (Lipinski definition) is 3. The number of carbonyl (C=O) groups is 1. The molecule has 0 saturated carbocycles. The molecule has 0 bridgehead atoms. The monoisotopic (exact) mass is 266 g/mol. The van der Waals surface area contributed by atoms with E-state index in [1.165, 1.54) is 0 Å². The van der Waals surface area contributed by atoms with Gasteiger partial charge in [0.15, 0.2) is 0 Å². The maximum Gasteiger partial charge on any atom is 0.236 e. The maximum atomic E-state index is 11.3. The molecule has 4 N–H and O–H groups in total. The molecule has 0 aliphatic heterocycles. The van der Waals surface area contributed by atoms with Gasteiger partial charge in [0.2, 0.25) is 5.91 Å². The topological polar surface area (TPSA) is 84.6 Å². The Labute approximate surface area is 113 Å². The zero-order valence-corrected chi connectivity index (χ0v) is 11.6. The second kappa shape index (κ2) is 7.11. The molecular weight excluding hydrogens is 244 g/mol. The number of carbonyl (C=O) groups excluding carboxylic acids is 1. The van der Waals surface area contributed by atoms with E-state index >= 15 is 0 Å². The molecule has 1 aromatic carbocycles. The van der Waals surface area contributed by atoms with Crippen LogP contribution in [-0.4, -0.2) is 29.7 Å². The second-order valence-corrected chi connectivity index (χ2v) is 4.79. The van der Waals surface area contributed by atoms with Crippen LogP contribution in [0.3, 0.4) is 0 Å². The first-order valence-electron chi connectivity index (χ1n) is 6.38. The molecule has 1 aromatic rings. The number of ether oxygens (including phenoxy) is 1. The van der Waals surface area contributed by atoms with Crippen molar-refractivity contribution in [3.63, 3.8) is 0 Å². The van der Waals surface area contributed by atoms with E-state index in [1.54, 1.807) is 19.1 Å². The lowest BCUT2D eigenvalue weighted by Gasteiger charge is -2.15. The molecule has 0 aliphatic carbocycles. The van der Waals surface area contributed by atoms with E-state index in [1.807, 2.05) is 26.0 Å². The first-order valence-corrected chi connectivity index (χ1v) is 6.38. The van der Waals surface area contributed by atoms with Gasteiger partial charge < -0.3 is 20.9 Å². The van der Waals surface area contributed by atoms with Crippen LogP contribution < -0.4 is 15.8 Å². The van der Waals surface area contributed by atoms with Gasteiger partial charge in [0.1, 0.15) is 5.75 Å². The van der Waals surface area contributed by atoms with Gasteiger partial charge in [-0.2, -0.15) is 0 Å². The highest BCUT2D eigenvalue weighted by molar-refractivity contribution is 5.80. The molecule has 0 saturated heterocycles. The van der Waals surface area contributed by atoms with Gasteiger partial charge in [-0.05, 0) is 38.5 Å². The minimum atomic E-state index is -0.779. The average molecular weight is 266 g/mol. The van der Waals surface area contributed by atoms with Gasteiger partial charge in [-0.25, -0.2) is 0 Å². The Bertz CT molecular complexity index is 419. The van der Waals surface area contributed by atoms with Crippen molar-refractivity contribution in [2.24, 2.45) is 5.73 Å². The Hall–Kier alpha value is -1.59. The molecule has 0 heterocycles. The van der Waals surface area contributed by atoms with Crippen LogP contribution >= 0.6 is 0 Å². The Morgan fingerprint density at radius 3 is 2.68 bits per heavy atom. The first kappa shape index (κ1) is 15.5. The molecule has 0 aromatic heterocycles. The molecule has 0 radical (unpaired) electrons. The molecule has 5 nitrogen and oxygen atoms in total. The van der Waals surface area contributed by atoms with E-state index in [9.17, 15) is 9.90 Å². The van der Waals surface area contributed by atoms with Gasteiger partial charge in [0.05, 0.1) is 18.2 Å². The lowest BCUT2D eigenvalue weighted by Crippen LogP contribution is -2.40. The second-order valence-electron chi connectivity index (χ2n) is 4.79. The van der Waals surface area contributed by atoms with E-state index in [2.05, 4.69) is 5.32 Å². The zero-order valence-electron chi connectivity index (χ0n) is 11.6. The van der Waals surface area contributed by atoms with Crippen molar-refractivity contribution in [1.82, 2.24) is 5.32 Å². The number of benzene rings is 1. The van der Waals surface area contributed by atoms with Crippen molar-refractivity contribution in [2.45, 2.75) is 39.0 Å². The Balaban J connectivity index is 2.61. The van der Waals surface area contributed by atoms with E-state index in [-0.39, 0.29) is 18.6 Å². The van der Waals surface area contributed by atoms with Crippen molar-refractivity contribution in [3.8, 4) is 5.75 Å². The minimum absolute atomic E-state index is 0.0742. The lowest BCUT2D eigenvalue weighted by molar-refractivity contribution is -0.122. The molecule has 1 amide bonds. The lowest BCUT2D eigenvalue weighted by atomic mass is 10.1. The molecule has 0 fully saturated rings. The van der Waals surface area contributed by atoms with Crippen molar-refractivity contribution in [2.75, 3.05) is 6.54 Å². The summed E-state index contributed by atoms with van der Waals surface area (Å²) in [6.07, 6.45) is -0.705. The van der Waals surface area contributed by atoms with Crippen LogP contribution in [-0.2, 0) is 4.79 Å². The van der Waals surface area contributed by atoms with E-state index in [0.29, 0.717) is 11.3 Å². The maximum absolute atomic E-state index is 11.3. The third-order valence-corrected chi connectivity index (χ3v) is 2.50. The quantitative estimate of drug-likeness (QED) is 0.716. The molecule has 1 unspecified atom stereocenters. The highest BCUT2D eigenvalue weighted by Gasteiger charge is 2.12. The standard InChI is InChI=1S/C14H22N2O3/c1-9(2)19-12-6-4-5-11(7-12)13(17)8-16-14(18)10(3)15/h4-7,9-10,13,17H,8,15H2,1-3H3,(H,16,18)/t10-,13?/m0/s1. The van der Waals surface area contributed by atoms with Crippen molar-refractivity contribution >= 4 is 5.91 Å². The smallest absolute Gasteiger partial charge is 0.236 e. The van der Waals surface area contributed by atoms with Gasteiger partial charge in [-0.1, -0.05) is 12.1 Å². The summed E-state index contributed by atoms with van der Waals surface area (Å²) in [6, 6.07) is 6.61. The summed E-state index contributed by atoms with van der Waals surface area (Å²) in [5.74, 6) is 0.415. The number of hydrogen-bond acceptors (Lipinski definition) is 4. The van der Waals surface area contributed by atoms with Crippen molar-refractivity contribution < 1.29 is 14.6 Å². The summed E-state index contributed by atoms with van der Waals surface area (Å²) >= 11 is 0. The SMILES string of the molecule is CC(C)Oc1cccc(C(O)CNC(=O)[C@H](C)N)c1. The van der Waals surface area contributed by atoms with Crippen LogP contribution in [0.5, 0.6) is 5.75 Å². The highest BCUT2D eigenvalue weighted by Crippen LogP contribution is 2.19. The van der Waals surface area contributed by atoms with Gasteiger partial charge in [0.25, 0.3) is 0 Å². The third kappa shape index (κ3) is 5.28. The highest BCUT2D eigenvalue weighted by atomic mass is 16.5. The number of aliphatic hydroxyl groups is 1. The number of amides is 1. The molecule has 1 rings (SSSR count). The zero-order chi connectivity index (χ0) is 14.4. The Kier molecular flexibility index (Phi) is 5.79. The van der Waals surface area contributed by atoms with Gasteiger partial charge in [0, 0.05) is 6.54 Å². The Morgan fingerprint density at radius 1 is 1.42 bits per heavy atom. The minimum Gasteiger partial charge on any atom is -0.491 e. The van der Waals surface area contributed by atoms with Gasteiger partial charge in [-0.3, -0.25) is 4.79 Å². The number of nitrogens with two attached hydrogens (primary N) is 1. The molecule has 2 atom stereocenters. The summed E-state index contributed by atoms with van der Waals surface area (Å²) in [5.41, 5.74) is 6.12. The third-order valence-electron chi connectivity index (χ3n) is 2.50. The summed E-state index contributed by atoms with van der Waals surface area (Å²) in [4.78, 5) is 11.3.